The van der Waals surface area contributed by atoms with Gasteiger partial charge in [0.1, 0.15) is 17.1 Å². The quantitative estimate of drug-likeness (QED) is 0.504. The number of carbonyl (C=O) groups is 2. The van der Waals surface area contributed by atoms with Crippen LogP contribution in [0.15, 0.2) is 51.7 Å². The van der Waals surface area contributed by atoms with E-state index >= 15 is 0 Å². The SMILES string of the molecule is CCOC(=O)COc1ccc2c(=O)c(-c3ccccc3OC)c(C(=O)OCC)oc2c1. The summed E-state index contributed by atoms with van der Waals surface area (Å²) in [5, 5.41) is 0.234. The Bertz CT molecular complexity index is 1160. The van der Waals surface area contributed by atoms with Crippen molar-refractivity contribution in [1.29, 1.82) is 0 Å². The van der Waals surface area contributed by atoms with Crippen molar-refractivity contribution in [2.45, 2.75) is 13.8 Å². The van der Waals surface area contributed by atoms with Gasteiger partial charge in [-0.2, -0.15) is 0 Å². The zero-order valence-corrected chi connectivity index (χ0v) is 17.4. The number of hydrogen-bond acceptors (Lipinski definition) is 8. The normalized spacial score (nSPS) is 10.5. The molecule has 0 spiro atoms. The number of methoxy groups -OCH3 is 1. The monoisotopic (exact) mass is 426 g/mol. The van der Waals surface area contributed by atoms with Crippen molar-refractivity contribution in [1.82, 2.24) is 0 Å². The van der Waals surface area contributed by atoms with Crippen molar-refractivity contribution in [2.24, 2.45) is 0 Å². The van der Waals surface area contributed by atoms with E-state index in [-0.39, 0.29) is 47.9 Å². The number of esters is 2. The topological polar surface area (TPSA) is 101 Å². The first-order chi connectivity index (χ1) is 15.0. The standard InChI is InChI=1S/C23H22O8/c1-4-28-19(24)13-30-14-10-11-16-18(12-14)31-22(23(26)29-5-2)20(21(16)25)15-8-6-7-9-17(15)27-3/h6-12H,4-5,13H2,1-3H3. The Hall–Kier alpha value is -3.81. The van der Waals surface area contributed by atoms with Crippen LogP contribution in [0.2, 0.25) is 0 Å². The van der Waals surface area contributed by atoms with Crippen molar-refractivity contribution in [3.05, 3.63) is 58.4 Å². The summed E-state index contributed by atoms with van der Waals surface area (Å²) < 4.78 is 26.5. The van der Waals surface area contributed by atoms with Crippen molar-refractivity contribution in [3.8, 4) is 22.6 Å². The van der Waals surface area contributed by atoms with Crippen molar-refractivity contribution in [3.63, 3.8) is 0 Å². The Morgan fingerprint density at radius 3 is 2.45 bits per heavy atom. The maximum Gasteiger partial charge on any atom is 0.375 e. The van der Waals surface area contributed by atoms with Crippen molar-refractivity contribution in [2.75, 3.05) is 26.9 Å². The van der Waals surface area contributed by atoms with E-state index in [0.717, 1.165) is 0 Å². The second-order valence-corrected chi connectivity index (χ2v) is 6.31. The summed E-state index contributed by atoms with van der Waals surface area (Å²) in [5.74, 6) is -0.855. The zero-order valence-electron chi connectivity index (χ0n) is 17.4. The van der Waals surface area contributed by atoms with Crippen LogP contribution in [0.5, 0.6) is 11.5 Å². The van der Waals surface area contributed by atoms with Gasteiger partial charge in [0.05, 0.1) is 31.3 Å². The van der Waals surface area contributed by atoms with E-state index in [1.165, 1.54) is 25.3 Å². The number of hydrogen-bond donors (Lipinski definition) is 0. The summed E-state index contributed by atoms with van der Waals surface area (Å²) in [4.78, 5) is 37.5. The number of benzene rings is 2. The lowest BCUT2D eigenvalue weighted by Gasteiger charge is -2.13. The maximum atomic E-state index is 13.4. The molecule has 162 valence electrons. The molecule has 1 heterocycles. The van der Waals surface area contributed by atoms with Gasteiger partial charge >= 0.3 is 11.9 Å². The van der Waals surface area contributed by atoms with Gasteiger partial charge in [-0.05, 0) is 32.0 Å². The van der Waals surface area contributed by atoms with E-state index < -0.39 is 17.4 Å². The molecule has 31 heavy (non-hydrogen) atoms. The average molecular weight is 426 g/mol. The molecule has 0 N–H and O–H groups in total. The number of rotatable bonds is 8. The van der Waals surface area contributed by atoms with Gasteiger partial charge in [-0.15, -0.1) is 0 Å². The van der Waals surface area contributed by atoms with Crippen LogP contribution in [0.3, 0.4) is 0 Å². The molecule has 0 fully saturated rings. The zero-order chi connectivity index (χ0) is 22.4. The molecule has 0 aliphatic rings. The minimum absolute atomic E-state index is 0.0450. The van der Waals surface area contributed by atoms with E-state index in [0.29, 0.717) is 11.3 Å². The molecule has 3 aromatic rings. The minimum atomic E-state index is -0.778. The molecule has 3 rings (SSSR count). The van der Waals surface area contributed by atoms with Crippen molar-refractivity contribution < 1.29 is 33.0 Å². The highest BCUT2D eigenvalue weighted by Gasteiger charge is 2.25. The summed E-state index contributed by atoms with van der Waals surface area (Å²) >= 11 is 0. The maximum absolute atomic E-state index is 13.4. The predicted octanol–water partition coefficient (Wildman–Crippen LogP) is 3.59. The molecular formula is C23H22O8. The summed E-state index contributed by atoms with van der Waals surface area (Å²) in [6.45, 7) is 3.39. The van der Waals surface area contributed by atoms with Crippen LogP contribution in [0.4, 0.5) is 0 Å². The highest BCUT2D eigenvalue weighted by atomic mass is 16.6. The van der Waals surface area contributed by atoms with Gasteiger partial charge in [-0.3, -0.25) is 4.79 Å². The highest BCUT2D eigenvalue weighted by Crippen LogP contribution is 2.33. The van der Waals surface area contributed by atoms with Gasteiger partial charge < -0.3 is 23.4 Å². The molecule has 0 saturated heterocycles. The fourth-order valence-electron chi connectivity index (χ4n) is 3.04. The number of ether oxygens (including phenoxy) is 4. The third kappa shape index (κ3) is 4.69. The van der Waals surface area contributed by atoms with Crippen LogP contribution < -0.4 is 14.9 Å². The summed E-state index contributed by atoms with van der Waals surface area (Å²) in [6, 6.07) is 11.3. The molecule has 0 radical (unpaired) electrons. The lowest BCUT2D eigenvalue weighted by molar-refractivity contribution is -0.145. The fraction of sp³-hybridized carbons (Fsp3) is 0.261. The molecule has 0 saturated carbocycles. The second kappa shape index (κ2) is 9.80. The van der Waals surface area contributed by atoms with Crippen molar-refractivity contribution >= 4 is 22.9 Å². The smallest absolute Gasteiger partial charge is 0.375 e. The van der Waals surface area contributed by atoms with E-state index in [9.17, 15) is 14.4 Å². The van der Waals surface area contributed by atoms with Gasteiger partial charge in [0.2, 0.25) is 11.2 Å². The Morgan fingerprint density at radius 2 is 1.74 bits per heavy atom. The third-order valence-corrected chi connectivity index (χ3v) is 4.36. The summed E-state index contributed by atoms with van der Waals surface area (Å²) in [7, 11) is 1.47. The Labute approximate surface area is 178 Å². The van der Waals surface area contributed by atoms with Crippen LogP contribution in [0, 0.1) is 0 Å². The lowest BCUT2D eigenvalue weighted by atomic mass is 10.0. The van der Waals surface area contributed by atoms with Crippen LogP contribution in [-0.2, 0) is 14.3 Å². The summed E-state index contributed by atoms with van der Waals surface area (Å²) in [6.07, 6.45) is 0. The molecule has 0 amide bonds. The lowest BCUT2D eigenvalue weighted by Crippen LogP contribution is -2.16. The van der Waals surface area contributed by atoms with E-state index in [1.807, 2.05) is 0 Å². The van der Waals surface area contributed by atoms with Gasteiger partial charge in [0.15, 0.2) is 6.61 Å². The molecule has 0 bridgehead atoms. The Morgan fingerprint density at radius 1 is 1.00 bits per heavy atom. The molecular weight excluding hydrogens is 404 g/mol. The first-order valence-electron chi connectivity index (χ1n) is 9.69. The van der Waals surface area contributed by atoms with Gasteiger partial charge in [0.25, 0.3) is 0 Å². The third-order valence-electron chi connectivity index (χ3n) is 4.36. The molecule has 8 nitrogen and oxygen atoms in total. The van der Waals surface area contributed by atoms with Gasteiger partial charge in [-0.25, -0.2) is 9.59 Å². The molecule has 0 aliphatic carbocycles. The molecule has 2 aromatic carbocycles. The number of carbonyl (C=O) groups excluding carboxylic acids is 2. The van der Waals surface area contributed by atoms with Crippen LogP contribution in [0.25, 0.3) is 22.1 Å². The van der Waals surface area contributed by atoms with Crippen LogP contribution in [0.1, 0.15) is 24.4 Å². The molecule has 8 heteroatoms. The molecule has 0 unspecified atom stereocenters. The number of para-hydroxylation sites is 1. The first-order valence-corrected chi connectivity index (χ1v) is 9.69. The van der Waals surface area contributed by atoms with Gasteiger partial charge in [0, 0.05) is 11.6 Å². The highest BCUT2D eigenvalue weighted by molar-refractivity contribution is 5.98. The average Bonchev–Trinajstić information content (AvgIpc) is 2.77. The largest absolute Gasteiger partial charge is 0.496 e. The molecule has 0 aliphatic heterocycles. The van der Waals surface area contributed by atoms with E-state index in [4.69, 9.17) is 23.4 Å². The summed E-state index contributed by atoms with van der Waals surface area (Å²) in [5.41, 5.74) is 0.147. The van der Waals surface area contributed by atoms with Crippen LogP contribution in [-0.4, -0.2) is 38.9 Å². The van der Waals surface area contributed by atoms with Gasteiger partial charge in [-0.1, -0.05) is 18.2 Å². The Balaban J connectivity index is 2.15. The molecule has 1 aromatic heterocycles. The Kier molecular flexibility index (Phi) is 6.92. The van der Waals surface area contributed by atoms with Crippen LogP contribution >= 0.6 is 0 Å². The van der Waals surface area contributed by atoms with E-state index in [1.54, 1.807) is 38.1 Å². The fourth-order valence-corrected chi connectivity index (χ4v) is 3.04. The second-order valence-electron chi connectivity index (χ2n) is 6.31. The first kappa shape index (κ1) is 21.9. The minimum Gasteiger partial charge on any atom is -0.496 e. The molecule has 0 atom stereocenters. The predicted molar refractivity (Wildman–Crippen MR) is 113 cm³/mol. The van der Waals surface area contributed by atoms with E-state index in [2.05, 4.69) is 0 Å². The number of fused-ring (bicyclic) bond motifs is 1.